The van der Waals surface area contributed by atoms with Gasteiger partial charge in [-0.15, -0.1) is 0 Å². The Balaban J connectivity index is 0.00000151. The van der Waals surface area contributed by atoms with Gasteiger partial charge in [-0.2, -0.15) is 5.53 Å². The number of halogens is 1. The summed E-state index contributed by atoms with van der Waals surface area (Å²) < 4.78 is 14.3. The number of rotatable bonds is 6. The van der Waals surface area contributed by atoms with Crippen molar-refractivity contribution in [3.63, 3.8) is 0 Å². The lowest BCUT2D eigenvalue weighted by molar-refractivity contribution is -0.223. The largest absolute Gasteiger partial charge is 0.334 e. The molecule has 134 valence electrons. The predicted molar refractivity (Wildman–Crippen MR) is 92.9 cm³/mol. The third-order valence-electron chi connectivity index (χ3n) is 3.54. The summed E-state index contributed by atoms with van der Waals surface area (Å²) in [6, 6.07) is 5.81. The zero-order chi connectivity index (χ0) is 18.8. The minimum absolute atomic E-state index is 0.105. The zero-order valence-corrected chi connectivity index (χ0v) is 14.7. The van der Waals surface area contributed by atoms with E-state index in [0.29, 0.717) is 13.1 Å². The summed E-state index contributed by atoms with van der Waals surface area (Å²) in [7, 11) is 1.50. The minimum Gasteiger partial charge on any atom is -0.334 e. The zero-order valence-electron chi connectivity index (χ0n) is 14.7. The monoisotopic (exact) mass is 347 g/mol. The van der Waals surface area contributed by atoms with Crippen molar-refractivity contribution in [2.45, 2.75) is 19.9 Å². The summed E-state index contributed by atoms with van der Waals surface area (Å²) in [5.74, 6) is -0.652. The molecule has 0 bridgehead atoms. The fourth-order valence-corrected chi connectivity index (χ4v) is 2.42. The second kappa shape index (κ2) is 10.2. The van der Waals surface area contributed by atoms with Gasteiger partial charge in [0.25, 0.3) is 5.91 Å². The van der Waals surface area contributed by atoms with Crippen molar-refractivity contribution < 1.29 is 14.7 Å². The first-order valence-electron chi connectivity index (χ1n) is 7.91. The summed E-state index contributed by atoms with van der Waals surface area (Å²) in [5.41, 5.74) is 10.0. The average Bonchev–Trinajstić information content (AvgIpc) is 2.64. The van der Waals surface area contributed by atoms with Crippen LogP contribution < -0.4 is 11.3 Å². The predicted octanol–water partition coefficient (Wildman–Crippen LogP) is 0.920. The Morgan fingerprint density at radius 1 is 1.32 bits per heavy atom. The molecule has 1 heterocycles. The van der Waals surface area contributed by atoms with Gasteiger partial charge in [-0.1, -0.05) is 6.07 Å². The van der Waals surface area contributed by atoms with Gasteiger partial charge in [0.1, 0.15) is 12.4 Å². The van der Waals surface area contributed by atoms with E-state index in [1.165, 1.54) is 31.6 Å². The van der Waals surface area contributed by atoms with Crippen LogP contribution >= 0.6 is 0 Å². The molecule has 1 amide bonds. The van der Waals surface area contributed by atoms with Gasteiger partial charge in [-0.25, -0.2) is 14.4 Å². The molecule has 25 heavy (non-hydrogen) atoms. The van der Waals surface area contributed by atoms with E-state index in [0.717, 1.165) is 0 Å². The Kier molecular flexibility index (Phi) is 8.28. The van der Waals surface area contributed by atoms with Crippen molar-refractivity contribution in [2.24, 2.45) is 10.8 Å². The van der Waals surface area contributed by atoms with Gasteiger partial charge in [0, 0.05) is 18.9 Å². The highest BCUT2D eigenvalue weighted by Gasteiger charge is 2.25. The van der Waals surface area contributed by atoms with Crippen LogP contribution in [0, 0.1) is 5.82 Å². The maximum atomic E-state index is 14.3. The van der Waals surface area contributed by atoms with Crippen LogP contribution in [-0.2, 0) is 0 Å². The SMILES string of the molecule is CCN(C(=O)c1cccc(F)c1-c1ncccn1)C(C)CN=[NH2+].CN. The lowest BCUT2D eigenvalue weighted by Crippen LogP contribution is -2.42. The number of nitrogens with two attached hydrogens (primary N) is 2. The molecule has 4 N–H and O–H groups in total. The standard InChI is InChI=1S/C16H18FN5O.CH5N/c1-3-22(11(2)10-21-18)16(23)12-6-4-7-13(17)14(12)15-19-8-5-9-20-15;1-2/h4-9,11,18H,3,10H2,1-2H3;2H2,1H3/p+1. The Hall–Kier alpha value is -2.74. The van der Waals surface area contributed by atoms with E-state index in [-0.39, 0.29) is 28.9 Å². The van der Waals surface area contributed by atoms with Crippen LogP contribution in [0.2, 0.25) is 0 Å². The van der Waals surface area contributed by atoms with Crippen LogP contribution in [0.25, 0.3) is 11.4 Å². The first-order chi connectivity index (χ1) is 12.1. The molecule has 1 unspecified atom stereocenters. The molecule has 1 aromatic carbocycles. The number of carbonyl (C=O) groups excluding carboxylic acids is 1. The smallest absolute Gasteiger partial charge is 0.255 e. The van der Waals surface area contributed by atoms with Gasteiger partial charge in [-0.3, -0.25) is 4.79 Å². The Morgan fingerprint density at radius 3 is 2.52 bits per heavy atom. The van der Waals surface area contributed by atoms with Gasteiger partial charge < -0.3 is 10.6 Å². The van der Waals surface area contributed by atoms with Crippen LogP contribution in [0.15, 0.2) is 41.8 Å². The van der Waals surface area contributed by atoms with E-state index >= 15 is 0 Å². The fourth-order valence-electron chi connectivity index (χ4n) is 2.42. The van der Waals surface area contributed by atoms with E-state index < -0.39 is 5.82 Å². The number of aromatic nitrogens is 2. The Bertz CT molecular complexity index is 695. The number of likely N-dealkylation sites (N-methyl/N-ethyl adjacent to an activating group) is 1. The normalized spacial score (nSPS) is 11.1. The molecule has 0 aliphatic rings. The minimum atomic E-state index is -0.533. The topological polar surface area (TPSA) is 110 Å². The van der Waals surface area contributed by atoms with E-state index in [9.17, 15) is 9.18 Å². The Morgan fingerprint density at radius 2 is 1.96 bits per heavy atom. The summed E-state index contributed by atoms with van der Waals surface area (Å²) >= 11 is 0. The maximum Gasteiger partial charge on any atom is 0.255 e. The van der Waals surface area contributed by atoms with Crippen LogP contribution in [-0.4, -0.2) is 47.0 Å². The van der Waals surface area contributed by atoms with E-state index in [1.54, 1.807) is 17.0 Å². The molecule has 0 fully saturated rings. The van der Waals surface area contributed by atoms with Gasteiger partial charge in [-0.05, 0) is 44.2 Å². The highest BCUT2D eigenvalue weighted by atomic mass is 19.1. The number of nitrogens with zero attached hydrogens (tertiary/aromatic N) is 4. The number of amides is 1. The van der Waals surface area contributed by atoms with Crippen LogP contribution in [0.3, 0.4) is 0 Å². The van der Waals surface area contributed by atoms with Gasteiger partial charge in [0.15, 0.2) is 5.82 Å². The highest BCUT2D eigenvalue weighted by Crippen LogP contribution is 2.25. The first kappa shape index (κ1) is 20.3. The summed E-state index contributed by atoms with van der Waals surface area (Å²) in [6.07, 6.45) is 3.02. The lowest BCUT2D eigenvalue weighted by atomic mass is 10.0. The van der Waals surface area contributed by atoms with E-state index in [1.807, 2.05) is 13.8 Å². The molecule has 0 spiro atoms. The van der Waals surface area contributed by atoms with E-state index in [2.05, 4.69) is 20.8 Å². The first-order valence-corrected chi connectivity index (χ1v) is 7.91. The number of hydrogen-bond donors (Lipinski definition) is 2. The molecule has 1 atom stereocenters. The van der Waals surface area contributed by atoms with Crippen molar-refractivity contribution in [1.29, 1.82) is 0 Å². The van der Waals surface area contributed by atoms with Crippen molar-refractivity contribution in [3.8, 4) is 11.4 Å². The number of hydrogen-bond acceptors (Lipinski definition) is 5. The second-order valence-corrected chi connectivity index (χ2v) is 5.04. The van der Waals surface area contributed by atoms with Crippen LogP contribution in [0.5, 0.6) is 0 Å². The lowest BCUT2D eigenvalue weighted by Gasteiger charge is -2.27. The molecular weight excluding hydrogens is 323 g/mol. The van der Waals surface area contributed by atoms with Gasteiger partial charge >= 0.3 is 0 Å². The molecule has 7 nitrogen and oxygen atoms in total. The molecule has 0 aliphatic heterocycles. The second-order valence-electron chi connectivity index (χ2n) is 5.04. The molecule has 0 aliphatic carbocycles. The van der Waals surface area contributed by atoms with E-state index in [4.69, 9.17) is 5.53 Å². The molecule has 0 saturated heterocycles. The highest BCUT2D eigenvalue weighted by molar-refractivity contribution is 6.00. The number of benzene rings is 1. The fraction of sp³-hybridized carbons (Fsp3) is 0.353. The molecule has 2 rings (SSSR count). The van der Waals surface area contributed by atoms with Crippen molar-refractivity contribution in [1.82, 2.24) is 14.9 Å². The van der Waals surface area contributed by atoms with Crippen LogP contribution in [0.1, 0.15) is 24.2 Å². The molecule has 2 aromatic rings. The molecule has 0 radical (unpaired) electrons. The number of carbonyl (C=O) groups is 1. The molecule has 1 aromatic heterocycles. The molecule has 8 heteroatoms. The van der Waals surface area contributed by atoms with Gasteiger partial charge in [0.2, 0.25) is 0 Å². The average molecular weight is 347 g/mol. The Labute approximate surface area is 146 Å². The summed E-state index contributed by atoms with van der Waals surface area (Å²) in [6.45, 7) is 4.46. The summed E-state index contributed by atoms with van der Waals surface area (Å²) in [4.78, 5) is 22.6. The maximum absolute atomic E-state index is 14.3. The quantitative estimate of drug-likeness (QED) is 0.757. The molecular formula is C17H24FN6O+. The van der Waals surface area contributed by atoms with Crippen LogP contribution in [0.4, 0.5) is 4.39 Å². The third kappa shape index (κ3) is 4.87. The van der Waals surface area contributed by atoms with Crippen molar-refractivity contribution in [2.75, 3.05) is 20.1 Å². The van der Waals surface area contributed by atoms with Crippen molar-refractivity contribution in [3.05, 3.63) is 48.0 Å². The van der Waals surface area contributed by atoms with Gasteiger partial charge in [0.05, 0.1) is 17.2 Å². The molecule has 0 saturated carbocycles. The summed E-state index contributed by atoms with van der Waals surface area (Å²) in [5, 5.41) is 3.59. The van der Waals surface area contributed by atoms with Crippen molar-refractivity contribution >= 4 is 5.91 Å². The third-order valence-corrected chi connectivity index (χ3v) is 3.54.